The molecule has 2 rings (SSSR count). The zero-order valence-corrected chi connectivity index (χ0v) is 13.6. The third-order valence-corrected chi connectivity index (χ3v) is 3.84. The van der Waals surface area contributed by atoms with E-state index in [4.69, 9.17) is 16.3 Å². The molecule has 0 saturated carbocycles. The lowest BCUT2D eigenvalue weighted by Crippen LogP contribution is -2.31. The number of urea groups is 1. The molecule has 2 amide bonds. The Kier molecular flexibility index (Phi) is 5.28. The molecule has 0 saturated heterocycles. The molecule has 0 atom stereocenters. The number of rotatable bonds is 4. The summed E-state index contributed by atoms with van der Waals surface area (Å²) in [6.45, 7) is 2.39. The molecule has 0 bridgehead atoms. The van der Waals surface area contributed by atoms with Crippen molar-refractivity contribution in [3.05, 3.63) is 58.6 Å². The molecular formula is C17H19ClN2O2. The number of nitrogens with one attached hydrogen (secondary N) is 1. The fourth-order valence-electron chi connectivity index (χ4n) is 2.03. The minimum Gasteiger partial charge on any atom is -0.497 e. The Labute approximate surface area is 135 Å². The maximum atomic E-state index is 12.3. The van der Waals surface area contributed by atoms with Gasteiger partial charge in [0.25, 0.3) is 0 Å². The fraction of sp³-hybridized carbons (Fsp3) is 0.235. The Hall–Kier alpha value is -2.20. The van der Waals surface area contributed by atoms with Gasteiger partial charge in [-0.2, -0.15) is 0 Å². The van der Waals surface area contributed by atoms with E-state index >= 15 is 0 Å². The number of carbonyl (C=O) groups excluding carboxylic acids is 1. The molecule has 2 aromatic rings. The average molecular weight is 319 g/mol. The minimum atomic E-state index is -0.179. The first-order valence-corrected chi connectivity index (χ1v) is 7.29. The van der Waals surface area contributed by atoms with Crippen LogP contribution in [0.3, 0.4) is 0 Å². The molecule has 0 aliphatic heterocycles. The largest absolute Gasteiger partial charge is 0.497 e. The van der Waals surface area contributed by atoms with Crippen LogP contribution < -0.4 is 10.1 Å². The zero-order chi connectivity index (χ0) is 16.1. The van der Waals surface area contributed by atoms with Crippen molar-refractivity contribution in [2.45, 2.75) is 13.5 Å². The molecule has 0 fully saturated rings. The van der Waals surface area contributed by atoms with Gasteiger partial charge in [0, 0.05) is 24.3 Å². The number of hydrogen-bond donors (Lipinski definition) is 1. The fourth-order valence-corrected chi connectivity index (χ4v) is 2.20. The average Bonchev–Trinajstić information content (AvgIpc) is 2.52. The van der Waals surface area contributed by atoms with Gasteiger partial charge in [-0.3, -0.25) is 0 Å². The highest BCUT2D eigenvalue weighted by Gasteiger charge is 2.11. The Balaban J connectivity index is 2.01. The first-order valence-electron chi connectivity index (χ1n) is 6.91. The van der Waals surface area contributed by atoms with Crippen molar-refractivity contribution in [1.82, 2.24) is 4.90 Å². The van der Waals surface area contributed by atoms with Gasteiger partial charge in [-0.1, -0.05) is 29.8 Å². The second-order valence-corrected chi connectivity index (χ2v) is 5.45. The van der Waals surface area contributed by atoms with E-state index in [1.807, 2.05) is 43.3 Å². The quantitative estimate of drug-likeness (QED) is 0.912. The highest BCUT2D eigenvalue weighted by atomic mass is 35.5. The number of amides is 2. The molecule has 5 heteroatoms. The van der Waals surface area contributed by atoms with E-state index in [9.17, 15) is 4.79 Å². The van der Waals surface area contributed by atoms with Gasteiger partial charge in [0.1, 0.15) is 5.75 Å². The lowest BCUT2D eigenvalue weighted by molar-refractivity contribution is 0.220. The summed E-state index contributed by atoms with van der Waals surface area (Å²) in [5, 5.41) is 3.51. The lowest BCUT2D eigenvalue weighted by Gasteiger charge is -2.19. The first-order chi connectivity index (χ1) is 10.5. The number of ether oxygens (including phenoxy) is 1. The van der Waals surface area contributed by atoms with Crippen molar-refractivity contribution in [3.8, 4) is 5.75 Å². The van der Waals surface area contributed by atoms with Crippen LogP contribution in [0.25, 0.3) is 0 Å². The molecule has 0 unspecified atom stereocenters. The van der Waals surface area contributed by atoms with Gasteiger partial charge < -0.3 is 15.0 Å². The van der Waals surface area contributed by atoms with Crippen LogP contribution in [-0.4, -0.2) is 25.1 Å². The van der Waals surface area contributed by atoms with Gasteiger partial charge in [0.15, 0.2) is 0 Å². The third kappa shape index (κ3) is 3.92. The molecule has 0 aliphatic carbocycles. The summed E-state index contributed by atoms with van der Waals surface area (Å²) >= 11 is 6.06. The highest BCUT2D eigenvalue weighted by Crippen LogP contribution is 2.23. The van der Waals surface area contributed by atoms with Crippen LogP contribution in [0.1, 0.15) is 11.1 Å². The van der Waals surface area contributed by atoms with E-state index in [0.717, 1.165) is 22.6 Å². The summed E-state index contributed by atoms with van der Waals surface area (Å²) < 4.78 is 5.12. The Morgan fingerprint density at radius 2 is 1.91 bits per heavy atom. The van der Waals surface area contributed by atoms with Gasteiger partial charge in [-0.15, -0.1) is 0 Å². The monoisotopic (exact) mass is 318 g/mol. The van der Waals surface area contributed by atoms with E-state index in [2.05, 4.69) is 5.32 Å². The number of methoxy groups -OCH3 is 1. The number of hydrogen-bond acceptors (Lipinski definition) is 2. The predicted octanol–water partition coefficient (Wildman–Crippen LogP) is 4.32. The molecule has 0 aromatic heterocycles. The molecule has 2 aromatic carbocycles. The molecular weight excluding hydrogens is 300 g/mol. The number of nitrogens with zero attached hydrogens (tertiary/aromatic N) is 1. The van der Waals surface area contributed by atoms with E-state index in [0.29, 0.717) is 11.6 Å². The van der Waals surface area contributed by atoms with Gasteiger partial charge in [0.05, 0.1) is 7.11 Å². The molecule has 4 nitrogen and oxygen atoms in total. The molecule has 22 heavy (non-hydrogen) atoms. The molecule has 0 spiro atoms. The lowest BCUT2D eigenvalue weighted by atomic mass is 10.2. The van der Waals surface area contributed by atoms with Crippen molar-refractivity contribution < 1.29 is 9.53 Å². The van der Waals surface area contributed by atoms with Gasteiger partial charge in [0.2, 0.25) is 0 Å². The zero-order valence-electron chi connectivity index (χ0n) is 12.9. The molecule has 0 heterocycles. The summed E-state index contributed by atoms with van der Waals surface area (Å²) in [6, 6.07) is 12.9. The summed E-state index contributed by atoms with van der Waals surface area (Å²) in [7, 11) is 3.38. The summed E-state index contributed by atoms with van der Waals surface area (Å²) in [5.41, 5.74) is 2.61. The van der Waals surface area contributed by atoms with E-state index in [-0.39, 0.29) is 6.03 Å². The van der Waals surface area contributed by atoms with Crippen LogP contribution in [0.2, 0.25) is 5.02 Å². The number of halogens is 1. The predicted molar refractivity (Wildman–Crippen MR) is 89.7 cm³/mol. The summed E-state index contributed by atoms with van der Waals surface area (Å²) in [6.07, 6.45) is 0. The third-order valence-electron chi connectivity index (χ3n) is 3.43. The van der Waals surface area contributed by atoms with Crippen molar-refractivity contribution in [2.75, 3.05) is 19.5 Å². The molecule has 1 N–H and O–H groups in total. The van der Waals surface area contributed by atoms with Crippen molar-refractivity contribution in [1.29, 1.82) is 0 Å². The van der Waals surface area contributed by atoms with Crippen molar-refractivity contribution in [3.63, 3.8) is 0 Å². The SMILES string of the molecule is COc1ccc(CN(C)C(=O)Nc2cccc(Cl)c2C)cc1. The Morgan fingerprint density at radius 3 is 2.55 bits per heavy atom. The number of anilines is 1. The minimum absolute atomic E-state index is 0.179. The van der Waals surface area contributed by atoms with E-state index in [1.54, 1.807) is 25.1 Å². The van der Waals surface area contributed by atoms with Crippen molar-refractivity contribution in [2.24, 2.45) is 0 Å². The van der Waals surface area contributed by atoms with E-state index < -0.39 is 0 Å². The van der Waals surface area contributed by atoms with Crippen LogP contribution in [-0.2, 0) is 6.54 Å². The van der Waals surface area contributed by atoms with Gasteiger partial charge >= 0.3 is 6.03 Å². The maximum absolute atomic E-state index is 12.3. The summed E-state index contributed by atoms with van der Waals surface area (Å²) in [5.74, 6) is 0.797. The van der Waals surface area contributed by atoms with Crippen LogP contribution in [0.4, 0.5) is 10.5 Å². The van der Waals surface area contributed by atoms with Gasteiger partial charge in [-0.05, 0) is 42.3 Å². The Bertz CT molecular complexity index is 656. The second-order valence-electron chi connectivity index (χ2n) is 5.05. The maximum Gasteiger partial charge on any atom is 0.321 e. The number of benzene rings is 2. The number of carbonyl (C=O) groups is 1. The van der Waals surface area contributed by atoms with Gasteiger partial charge in [-0.25, -0.2) is 4.79 Å². The van der Waals surface area contributed by atoms with Crippen LogP contribution >= 0.6 is 11.6 Å². The second kappa shape index (κ2) is 7.18. The van der Waals surface area contributed by atoms with Crippen LogP contribution in [0.15, 0.2) is 42.5 Å². The Morgan fingerprint density at radius 1 is 1.23 bits per heavy atom. The van der Waals surface area contributed by atoms with Crippen LogP contribution in [0.5, 0.6) is 5.75 Å². The van der Waals surface area contributed by atoms with E-state index in [1.165, 1.54) is 0 Å². The first kappa shape index (κ1) is 16.2. The topological polar surface area (TPSA) is 41.6 Å². The van der Waals surface area contributed by atoms with Crippen LogP contribution in [0, 0.1) is 6.92 Å². The molecule has 0 radical (unpaired) electrons. The summed E-state index contributed by atoms with van der Waals surface area (Å²) in [4.78, 5) is 13.9. The normalized spacial score (nSPS) is 10.2. The highest BCUT2D eigenvalue weighted by molar-refractivity contribution is 6.31. The standard InChI is InChI=1S/C17H19ClN2O2/c1-12-15(18)5-4-6-16(12)19-17(21)20(2)11-13-7-9-14(22-3)10-8-13/h4-10H,11H2,1-3H3,(H,19,21). The molecule has 116 valence electrons. The smallest absolute Gasteiger partial charge is 0.321 e. The molecule has 0 aliphatic rings. The van der Waals surface area contributed by atoms with Crippen molar-refractivity contribution >= 4 is 23.3 Å².